The van der Waals surface area contributed by atoms with Gasteiger partial charge in [-0.2, -0.15) is 0 Å². The molecule has 2 unspecified atom stereocenters. The molecule has 2 rings (SSSR count). The van der Waals surface area contributed by atoms with Crippen LogP contribution in [0.5, 0.6) is 0 Å². The van der Waals surface area contributed by atoms with E-state index in [1.165, 1.54) is 10.8 Å². The highest BCUT2D eigenvalue weighted by Gasteiger charge is 2.15. The van der Waals surface area contributed by atoms with Crippen molar-refractivity contribution in [3.05, 3.63) is 48.0 Å². The Bertz CT molecular complexity index is 594. The summed E-state index contributed by atoms with van der Waals surface area (Å²) < 4.78 is 0. The van der Waals surface area contributed by atoms with Crippen LogP contribution in [-0.4, -0.2) is 19.5 Å². The van der Waals surface area contributed by atoms with Gasteiger partial charge in [-0.3, -0.25) is 4.79 Å². The molecule has 0 aromatic heterocycles. The Labute approximate surface area is 120 Å². The SMILES string of the molecule is CNCC(C)C(=O)NC(C)c1ccc2ccccc2c1. The molecule has 0 heterocycles. The van der Waals surface area contributed by atoms with Gasteiger partial charge in [-0.15, -0.1) is 0 Å². The molecular formula is C17H22N2O. The van der Waals surface area contributed by atoms with Crippen molar-refractivity contribution in [3.63, 3.8) is 0 Å². The van der Waals surface area contributed by atoms with Crippen LogP contribution in [0, 0.1) is 5.92 Å². The highest BCUT2D eigenvalue weighted by atomic mass is 16.1. The molecule has 3 nitrogen and oxygen atoms in total. The Morgan fingerprint density at radius 2 is 1.80 bits per heavy atom. The van der Waals surface area contributed by atoms with Crippen LogP contribution in [0.3, 0.4) is 0 Å². The minimum atomic E-state index is -0.0251. The second kappa shape index (κ2) is 6.53. The van der Waals surface area contributed by atoms with Crippen molar-refractivity contribution in [2.24, 2.45) is 5.92 Å². The Kier molecular flexibility index (Phi) is 4.74. The van der Waals surface area contributed by atoms with Crippen molar-refractivity contribution in [1.82, 2.24) is 10.6 Å². The molecule has 0 aliphatic heterocycles. The zero-order chi connectivity index (χ0) is 14.5. The van der Waals surface area contributed by atoms with E-state index in [9.17, 15) is 4.79 Å². The summed E-state index contributed by atoms with van der Waals surface area (Å²) in [5, 5.41) is 8.52. The molecule has 0 fully saturated rings. The van der Waals surface area contributed by atoms with Crippen LogP contribution in [-0.2, 0) is 4.79 Å². The van der Waals surface area contributed by atoms with Gasteiger partial charge in [0.2, 0.25) is 5.91 Å². The van der Waals surface area contributed by atoms with E-state index in [4.69, 9.17) is 0 Å². The van der Waals surface area contributed by atoms with Crippen LogP contribution >= 0.6 is 0 Å². The molecule has 0 aliphatic rings. The number of rotatable bonds is 5. The van der Waals surface area contributed by atoms with E-state index in [0.29, 0.717) is 6.54 Å². The van der Waals surface area contributed by atoms with Gasteiger partial charge in [0.15, 0.2) is 0 Å². The molecule has 1 amide bonds. The third-order valence-corrected chi connectivity index (χ3v) is 3.59. The number of hydrogen-bond donors (Lipinski definition) is 2. The van der Waals surface area contributed by atoms with Gasteiger partial charge >= 0.3 is 0 Å². The quantitative estimate of drug-likeness (QED) is 0.877. The minimum Gasteiger partial charge on any atom is -0.349 e. The van der Waals surface area contributed by atoms with Gasteiger partial charge in [0, 0.05) is 12.5 Å². The number of hydrogen-bond acceptors (Lipinski definition) is 2. The highest BCUT2D eigenvalue weighted by molar-refractivity contribution is 5.83. The van der Waals surface area contributed by atoms with Crippen LogP contribution in [0.15, 0.2) is 42.5 Å². The summed E-state index contributed by atoms with van der Waals surface area (Å²) in [7, 11) is 1.86. The summed E-state index contributed by atoms with van der Waals surface area (Å²) in [5.41, 5.74) is 1.13. The van der Waals surface area contributed by atoms with Gasteiger partial charge in [-0.25, -0.2) is 0 Å². The van der Waals surface area contributed by atoms with Crippen molar-refractivity contribution >= 4 is 16.7 Å². The first-order valence-electron chi connectivity index (χ1n) is 7.05. The Hall–Kier alpha value is -1.87. The second-order valence-electron chi connectivity index (χ2n) is 5.30. The first kappa shape index (κ1) is 14.5. The van der Waals surface area contributed by atoms with Gasteiger partial charge in [-0.1, -0.05) is 43.3 Å². The van der Waals surface area contributed by atoms with Gasteiger partial charge in [0.05, 0.1) is 6.04 Å². The molecule has 2 aromatic carbocycles. The third kappa shape index (κ3) is 3.36. The first-order chi connectivity index (χ1) is 9.61. The average molecular weight is 270 g/mol. The minimum absolute atomic E-state index is 0.0198. The number of benzene rings is 2. The van der Waals surface area contributed by atoms with E-state index in [1.54, 1.807) is 0 Å². The predicted molar refractivity (Wildman–Crippen MR) is 83.6 cm³/mol. The molecule has 0 radical (unpaired) electrons. The molecule has 2 aromatic rings. The van der Waals surface area contributed by atoms with Crippen molar-refractivity contribution in [3.8, 4) is 0 Å². The monoisotopic (exact) mass is 270 g/mol. The Morgan fingerprint density at radius 1 is 1.10 bits per heavy atom. The maximum Gasteiger partial charge on any atom is 0.224 e. The second-order valence-corrected chi connectivity index (χ2v) is 5.30. The van der Waals surface area contributed by atoms with Gasteiger partial charge in [0.1, 0.15) is 0 Å². The summed E-state index contributed by atoms with van der Waals surface area (Å²) in [4.78, 5) is 12.0. The van der Waals surface area contributed by atoms with Crippen LogP contribution < -0.4 is 10.6 Å². The van der Waals surface area contributed by atoms with Gasteiger partial charge < -0.3 is 10.6 Å². The number of carbonyl (C=O) groups is 1. The maximum absolute atomic E-state index is 12.0. The summed E-state index contributed by atoms with van der Waals surface area (Å²) in [6.07, 6.45) is 0. The normalized spacial score (nSPS) is 13.9. The third-order valence-electron chi connectivity index (χ3n) is 3.59. The zero-order valence-electron chi connectivity index (χ0n) is 12.3. The van der Waals surface area contributed by atoms with Crippen molar-refractivity contribution < 1.29 is 4.79 Å². The fraction of sp³-hybridized carbons (Fsp3) is 0.353. The number of nitrogens with one attached hydrogen (secondary N) is 2. The average Bonchev–Trinajstić information content (AvgIpc) is 2.46. The van der Waals surface area contributed by atoms with Crippen molar-refractivity contribution in [2.75, 3.05) is 13.6 Å². The summed E-state index contributed by atoms with van der Waals surface area (Å²) in [5.74, 6) is 0.0583. The Morgan fingerprint density at radius 3 is 2.50 bits per heavy atom. The maximum atomic E-state index is 12.0. The molecule has 2 atom stereocenters. The fourth-order valence-electron chi connectivity index (χ4n) is 2.32. The summed E-state index contributed by atoms with van der Waals surface area (Å²) in [6, 6.07) is 14.6. The van der Waals surface area contributed by atoms with Crippen LogP contribution in [0.4, 0.5) is 0 Å². The first-order valence-corrected chi connectivity index (χ1v) is 7.05. The molecule has 106 valence electrons. The van der Waals surface area contributed by atoms with Crippen molar-refractivity contribution in [1.29, 1.82) is 0 Å². The smallest absolute Gasteiger partial charge is 0.224 e. The Balaban J connectivity index is 2.11. The fourth-order valence-corrected chi connectivity index (χ4v) is 2.32. The lowest BCUT2D eigenvalue weighted by molar-refractivity contribution is -0.125. The van der Waals surface area contributed by atoms with E-state index in [2.05, 4.69) is 41.0 Å². The van der Waals surface area contributed by atoms with Crippen LogP contribution in [0.1, 0.15) is 25.5 Å². The van der Waals surface area contributed by atoms with Gasteiger partial charge in [0.25, 0.3) is 0 Å². The summed E-state index contributed by atoms with van der Waals surface area (Å²) in [6.45, 7) is 4.64. The lowest BCUT2D eigenvalue weighted by atomic mass is 10.0. The van der Waals surface area contributed by atoms with E-state index in [1.807, 2.05) is 33.0 Å². The molecule has 0 aliphatic carbocycles. The zero-order valence-corrected chi connectivity index (χ0v) is 12.3. The van der Waals surface area contributed by atoms with E-state index >= 15 is 0 Å². The predicted octanol–water partition coefficient (Wildman–Crippen LogP) is 2.87. The molecule has 0 spiro atoms. The number of carbonyl (C=O) groups excluding carboxylic acids is 1. The highest BCUT2D eigenvalue weighted by Crippen LogP contribution is 2.20. The number of amides is 1. The van der Waals surface area contributed by atoms with E-state index in [-0.39, 0.29) is 17.9 Å². The van der Waals surface area contributed by atoms with Crippen LogP contribution in [0.25, 0.3) is 10.8 Å². The molecule has 0 saturated heterocycles. The van der Waals surface area contributed by atoms with Crippen LogP contribution in [0.2, 0.25) is 0 Å². The van der Waals surface area contributed by atoms with Crippen molar-refractivity contribution in [2.45, 2.75) is 19.9 Å². The lowest BCUT2D eigenvalue weighted by Gasteiger charge is -2.18. The lowest BCUT2D eigenvalue weighted by Crippen LogP contribution is -2.35. The molecule has 0 bridgehead atoms. The van der Waals surface area contributed by atoms with E-state index < -0.39 is 0 Å². The van der Waals surface area contributed by atoms with E-state index in [0.717, 1.165) is 5.56 Å². The molecule has 2 N–H and O–H groups in total. The largest absolute Gasteiger partial charge is 0.349 e. The summed E-state index contributed by atoms with van der Waals surface area (Å²) >= 11 is 0. The topological polar surface area (TPSA) is 41.1 Å². The standard InChI is InChI=1S/C17H22N2O/c1-12(11-18-3)17(20)19-13(2)15-9-8-14-6-4-5-7-16(14)10-15/h4-10,12-13,18H,11H2,1-3H3,(H,19,20). The van der Waals surface area contributed by atoms with Gasteiger partial charge in [-0.05, 0) is 36.4 Å². The molecular weight excluding hydrogens is 248 g/mol. The molecule has 0 saturated carbocycles. The molecule has 3 heteroatoms. The number of fused-ring (bicyclic) bond motifs is 1. The molecule has 20 heavy (non-hydrogen) atoms.